The second-order valence-corrected chi connectivity index (χ2v) is 10.6. The fourth-order valence-electron chi connectivity index (χ4n) is 5.05. The number of likely N-dealkylation sites (tertiary alicyclic amines) is 1. The van der Waals surface area contributed by atoms with Crippen molar-refractivity contribution in [1.82, 2.24) is 9.80 Å². The van der Waals surface area contributed by atoms with E-state index in [1.165, 1.54) is 12.0 Å². The lowest BCUT2D eigenvalue weighted by molar-refractivity contribution is -0.140. The zero-order valence-corrected chi connectivity index (χ0v) is 24.4. The molecule has 2 heterocycles. The molecule has 0 radical (unpaired) electrons. The van der Waals surface area contributed by atoms with Crippen LogP contribution in [0.4, 0.5) is 0 Å². The van der Waals surface area contributed by atoms with Gasteiger partial charge in [-0.1, -0.05) is 32.6 Å². The van der Waals surface area contributed by atoms with Crippen LogP contribution in [0.15, 0.2) is 54.6 Å². The van der Waals surface area contributed by atoms with Crippen LogP contribution in [0.3, 0.4) is 0 Å². The van der Waals surface area contributed by atoms with Gasteiger partial charge in [0.1, 0.15) is 18.1 Å². The van der Waals surface area contributed by atoms with Gasteiger partial charge in [-0.05, 0) is 54.3 Å². The molecule has 2 fully saturated rings. The highest BCUT2D eigenvalue weighted by Gasteiger charge is 2.46. The molecule has 0 aromatic heterocycles. The van der Waals surface area contributed by atoms with Crippen LogP contribution in [-0.4, -0.2) is 86.3 Å². The number of rotatable bonds is 12. The molecule has 4 rings (SSSR count). The van der Waals surface area contributed by atoms with E-state index < -0.39 is 17.7 Å². The van der Waals surface area contributed by atoms with E-state index >= 15 is 0 Å². The van der Waals surface area contributed by atoms with Crippen LogP contribution in [0.25, 0.3) is 5.76 Å². The standard InChI is InChI=1S/C32H40N2O7/c1-6-15-40-26-10-7-23(19-27(26)38-5)29-28(30(35)25-9-8-24(18-22(25)4)41-20-21(2)3)31(36)32(37)34(29)12-11-33-13-16-39-17-14-33/h6-10,18-19,21,29,35H,1,11-17,20H2,2-5H3. The molecule has 1 unspecified atom stereocenters. The first kappa shape index (κ1) is 30.1. The van der Waals surface area contributed by atoms with E-state index in [0.717, 1.165) is 18.7 Å². The highest BCUT2D eigenvalue weighted by molar-refractivity contribution is 6.46. The number of carbonyl (C=O) groups excluding carboxylic acids is 2. The highest BCUT2D eigenvalue weighted by Crippen LogP contribution is 2.42. The molecule has 2 aliphatic heterocycles. The van der Waals surface area contributed by atoms with Crippen molar-refractivity contribution in [1.29, 1.82) is 0 Å². The molecule has 2 aliphatic rings. The number of Topliss-reactive ketones (excluding diaryl/α,β-unsaturated/α-hetero) is 1. The SMILES string of the molecule is C=CCOc1ccc(C2C(=C(O)c3ccc(OCC(C)C)cc3C)C(=O)C(=O)N2CCN2CCOCC2)cc1OC. The van der Waals surface area contributed by atoms with Crippen LogP contribution in [0.1, 0.15) is 36.6 Å². The summed E-state index contributed by atoms with van der Waals surface area (Å²) in [4.78, 5) is 30.7. The molecule has 2 aromatic carbocycles. The Hall–Kier alpha value is -3.82. The average molecular weight is 565 g/mol. The smallest absolute Gasteiger partial charge is 0.295 e. The zero-order valence-electron chi connectivity index (χ0n) is 24.4. The number of nitrogens with zero attached hydrogens (tertiary/aromatic N) is 2. The summed E-state index contributed by atoms with van der Waals surface area (Å²) in [6.45, 7) is 14.2. The van der Waals surface area contributed by atoms with Gasteiger partial charge >= 0.3 is 0 Å². The number of hydrogen-bond acceptors (Lipinski definition) is 8. The molecule has 0 bridgehead atoms. The maximum absolute atomic E-state index is 13.5. The molecular formula is C32H40N2O7. The molecule has 1 N–H and O–H groups in total. The van der Waals surface area contributed by atoms with Crippen molar-refractivity contribution in [2.24, 2.45) is 5.92 Å². The molecule has 2 aromatic rings. The van der Waals surface area contributed by atoms with Crippen molar-refractivity contribution in [2.45, 2.75) is 26.8 Å². The lowest BCUT2D eigenvalue weighted by Gasteiger charge is -2.31. The molecule has 9 nitrogen and oxygen atoms in total. The molecule has 9 heteroatoms. The minimum absolute atomic E-state index is 0.0396. The van der Waals surface area contributed by atoms with Crippen LogP contribution in [0, 0.1) is 12.8 Å². The molecule has 220 valence electrons. The molecule has 1 atom stereocenters. The Morgan fingerprint density at radius 1 is 1.10 bits per heavy atom. The summed E-state index contributed by atoms with van der Waals surface area (Å²) in [5.41, 5.74) is 1.87. The Morgan fingerprint density at radius 3 is 2.51 bits per heavy atom. The summed E-state index contributed by atoms with van der Waals surface area (Å²) < 4.78 is 22.6. The predicted octanol–water partition coefficient (Wildman–Crippen LogP) is 4.36. The maximum atomic E-state index is 13.5. The normalized spacial score (nSPS) is 19.0. The molecule has 0 aliphatic carbocycles. The van der Waals surface area contributed by atoms with Crippen LogP contribution in [-0.2, 0) is 14.3 Å². The van der Waals surface area contributed by atoms with Gasteiger partial charge in [0.25, 0.3) is 11.7 Å². The summed E-state index contributed by atoms with van der Waals surface area (Å²) in [6, 6.07) is 9.80. The van der Waals surface area contributed by atoms with Crippen LogP contribution < -0.4 is 14.2 Å². The average Bonchev–Trinajstić information content (AvgIpc) is 3.23. The molecule has 1 amide bonds. The Bertz CT molecular complexity index is 1300. The van der Waals surface area contributed by atoms with Crippen molar-refractivity contribution < 1.29 is 33.6 Å². The number of methoxy groups -OCH3 is 1. The van der Waals surface area contributed by atoms with Gasteiger partial charge in [0.05, 0.1) is 38.5 Å². The Morgan fingerprint density at radius 2 is 1.85 bits per heavy atom. The van der Waals surface area contributed by atoms with Gasteiger partial charge in [0, 0.05) is 31.7 Å². The van der Waals surface area contributed by atoms with Gasteiger partial charge in [0.2, 0.25) is 0 Å². The number of aliphatic hydroxyl groups excluding tert-OH is 1. The van der Waals surface area contributed by atoms with Gasteiger partial charge in [-0.15, -0.1) is 0 Å². The summed E-state index contributed by atoms with van der Waals surface area (Å²) in [7, 11) is 1.53. The Balaban J connectivity index is 1.76. The first-order valence-corrected chi connectivity index (χ1v) is 14.0. The third-order valence-electron chi connectivity index (χ3n) is 7.20. The van der Waals surface area contributed by atoms with Gasteiger partial charge in [-0.3, -0.25) is 14.5 Å². The van der Waals surface area contributed by atoms with Crippen molar-refractivity contribution in [3.63, 3.8) is 0 Å². The van der Waals surface area contributed by atoms with E-state index in [9.17, 15) is 14.7 Å². The lowest BCUT2D eigenvalue weighted by atomic mass is 9.93. The van der Waals surface area contributed by atoms with Crippen molar-refractivity contribution in [3.8, 4) is 17.2 Å². The van der Waals surface area contributed by atoms with Gasteiger partial charge in [-0.2, -0.15) is 0 Å². The molecule has 0 spiro atoms. The van der Waals surface area contributed by atoms with E-state index in [1.807, 2.05) is 13.0 Å². The number of benzene rings is 2. The van der Waals surface area contributed by atoms with Gasteiger partial charge in [0.15, 0.2) is 11.5 Å². The quantitative estimate of drug-likeness (QED) is 0.176. The fraction of sp³-hybridized carbons (Fsp3) is 0.438. The maximum Gasteiger partial charge on any atom is 0.295 e. The number of morpholine rings is 1. The molecule has 41 heavy (non-hydrogen) atoms. The minimum atomic E-state index is -0.810. The summed E-state index contributed by atoms with van der Waals surface area (Å²) in [5.74, 6) is 0.407. The topological polar surface area (TPSA) is 97.8 Å². The van der Waals surface area contributed by atoms with E-state index in [2.05, 4.69) is 25.3 Å². The first-order chi connectivity index (χ1) is 19.7. The summed E-state index contributed by atoms with van der Waals surface area (Å²) >= 11 is 0. The van der Waals surface area contributed by atoms with Crippen molar-refractivity contribution in [2.75, 3.05) is 59.7 Å². The summed E-state index contributed by atoms with van der Waals surface area (Å²) in [6.07, 6.45) is 1.63. The van der Waals surface area contributed by atoms with E-state index in [1.54, 1.807) is 36.4 Å². The number of ketones is 1. The zero-order chi connectivity index (χ0) is 29.5. The number of carbonyl (C=O) groups is 2. The summed E-state index contributed by atoms with van der Waals surface area (Å²) in [5, 5.41) is 11.6. The minimum Gasteiger partial charge on any atom is -0.507 e. The van der Waals surface area contributed by atoms with Crippen LogP contribution in [0.2, 0.25) is 0 Å². The predicted molar refractivity (Wildman–Crippen MR) is 156 cm³/mol. The highest BCUT2D eigenvalue weighted by atomic mass is 16.5. The van der Waals surface area contributed by atoms with Crippen LogP contribution >= 0.6 is 0 Å². The number of hydrogen-bond donors (Lipinski definition) is 1. The van der Waals surface area contributed by atoms with E-state index in [4.69, 9.17) is 18.9 Å². The first-order valence-electron chi connectivity index (χ1n) is 14.0. The Labute approximate surface area is 241 Å². The lowest BCUT2D eigenvalue weighted by Crippen LogP contribution is -2.42. The third kappa shape index (κ3) is 6.92. The fourth-order valence-corrected chi connectivity index (χ4v) is 5.05. The second kappa shape index (κ2) is 13.7. The van der Waals surface area contributed by atoms with Crippen LogP contribution in [0.5, 0.6) is 17.2 Å². The van der Waals surface area contributed by atoms with Crippen molar-refractivity contribution >= 4 is 17.4 Å². The Kier molecular flexibility index (Phi) is 10.1. The number of aryl methyl sites for hydroxylation is 1. The van der Waals surface area contributed by atoms with Gasteiger partial charge in [-0.25, -0.2) is 0 Å². The molecule has 0 saturated carbocycles. The molecule has 2 saturated heterocycles. The number of aliphatic hydroxyl groups is 1. The van der Waals surface area contributed by atoms with E-state index in [-0.39, 0.29) is 11.3 Å². The molecular weight excluding hydrogens is 524 g/mol. The van der Waals surface area contributed by atoms with Crippen molar-refractivity contribution in [3.05, 3.63) is 71.3 Å². The largest absolute Gasteiger partial charge is 0.507 e. The van der Waals surface area contributed by atoms with E-state index in [0.29, 0.717) is 73.8 Å². The second-order valence-electron chi connectivity index (χ2n) is 10.6. The monoisotopic (exact) mass is 564 g/mol. The van der Waals surface area contributed by atoms with Gasteiger partial charge < -0.3 is 29.0 Å². The number of amides is 1. The number of ether oxygens (including phenoxy) is 4. The third-order valence-corrected chi connectivity index (χ3v) is 7.20.